The Morgan fingerprint density at radius 2 is 1.79 bits per heavy atom. The van der Waals surface area contributed by atoms with E-state index in [1.165, 1.54) is 0 Å². The number of carbonyl (C=O) groups excluding carboxylic acids is 1. The predicted molar refractivity (Wildman–Crippen MR) is 95.8 cm³/mol. The smallest absolute Gasteiger partial charge is 0.222 e. The number of carbonyl (C=O) groups is 1. The second-order valence-corrected chi connectivity index (χ2v) is 5.99. The number of halogens is 1. The fourth-order valence-corrected chi connectivity index (χ4v) is 2.64. The van der Waals surface area contributed by atoms with Crippen LogP contribution < -0.4 is 9.47 Å². The van der Waals surface area contributed by atoms with Crippen molar-refractivity contribution in [3.8, 4) is 11.5 Å². The molecule has 24 heavy (non-hydrogen) atoms. The average molecular weight is 348 g/mol. The van der Waals surface area contributed by atoms with Crippen molar-refractivity contribution in [2.75, 3.05) is 21.3 Å². The second-order valence-electron chi connectivity index (χ2n) is 5.55. The molecule has 1 amide bonds. The molecule has 0 unspecified atom stereocenters. The molecule has 4 nitrogen and oxygen atoms in total. The van der Waals surface area contributed by atoms with Crippen molar-refractivity contribution in [2.45, 2.75) is 19.4 Å². The fourth-order valence-electron chi connectivity index (χ4n) is 2.45. The first-order chi connectivity index (χ1) is 11.5. The van der Waals surface area contributed by atoms with Crippen LogP contribution in [0.15, 0.2) is 42.5 Å². The summed E-state index contributed by atoms with van der Waals surface area (Å²) in [5, 5.41) is 0.630. The molecule has 5 heteroatoms. The quantitative estimate of drug-likeness (QED) is 0.761. The number of methoxy groups -OCH3 is 2. The Balaban J connectivity index is 1.93. The number of benzene rings is 2. The van der Waals surface area contributed by atoms with Crippen LogP contribution in [0.2, 0.25) is 5.02 Å². The van der Waals surface area contributed by atoms with Crippen LogP contribution in [0.5, 0.6) is 11.5 Å². The van der Waals surface area contributed by atoms with Gasteiger partial charge < -0.3 is 14.4 Å². The van der Waals surface area contributed by atoms with Crippen LogP contribution in [0.4, 0.5) is 0 Å². The summed E-state index contributed by atoms with van der Waals surface area (Å²) < 4.78 is 10.5. The molecule has 0 bridgehead atoms. The van der Waals surface area contributed by atoms with Gasteiger partial charge in [-0.15, -0.1) is 0 Å². The predicted octanol–water partition coefficient (Wildman–Crippen LogP) is 3.95. The number of ether oxygens (including phenoxy) is 2. The third-order valence-corrected chi connectivity index (χ3v) is 4.10. The molecule has 0 spiro atoms. The molecule has 0 saturated heterocycles. The van der Waals surface area contributed by atoms with Gasteiger partial charge in [0.2, 0.25) is 5.91 Å². The minimum Gasteiger partial charge on any atom is -0.497 e. The zero-order valence-corrected chi connectivity index (χ0v) is 15.0. The van der Waals surface area contributed by atoms with Crippen molar-refractivity contribution in [2.24, 2.45) is 0 Å². The van der Waals surface area contributed by atoms with Crippen LogP contribution in [0.25, 0.3) is 0 Å². The van der Waals surface area contributed by atoms with Gasteiger partial charge in [0.1, 0.15) is 11.5 Å². The van der Waals surface area contributed by atoms with Gasteiger partial charge in [-0.2, -0.15) is 0 Å². The van der Waals surface area contributed by atoms with Crippen molar-refractivity contribution in [1.82, 2.24) is 4.90 Å². The van der Waals surface area contributed by atoms with Gasteiger partial charge in [0.05, 0.1) is 14.2 Å². The molecule has 2 aromatic rings. The Bertz CT molecular complexity index is 686. The van der Waals surface area contributed by atoms with Crippen molar-refractivity contribution in [3.63, 3.8) is 0 Å². The molecule has 0 saturated carbocycles. The van der Waals surface area contributed by atoms with Crippen LogP contribution in [0.3, 0.4) is 0 Å². The monoisotopic (exact) mass is 347 g/mol. The maximum absolute atomic E-state index is 12.4. The van der Waals surface area contributed by atoms with Crippen molar-refractivity contribution < 1.29 is 14.3 Å². The second kappa shape index (κ2) is 8.60. The molecule has 2 aromatic carbocycles. The standard InChI is InChI=1S/C19H22ClNO3/c1-21(13-15-12-16(20)7-10-18(15)24-3)19(22)11-6-14-4-8-17(23-2)9-5-14/h4-5,7-10,12H,6,11,13H2,1-3H3. The zero-order chi connectivity index (χ0) is 17.5. The van der Waals surface area contributed by atoms with Crippen molar-refractivity contribution in [3.05, 3.63) is 58.6 Å². The highest BCUT2D eigenvalue weighted by atomic mass is 35.5. The summed E-state index contributed by atoms with van der Waals surface area (Å²) in [6, 6.07) is 13.2. The minimum absolute atomic E-state index is 0.0767. The Morgan fingerprint density at radius 1 is 1.08 bits per heavy atom. The summed E-state index contributed by atoms with van der Waals surface area (Å²) >= 11 is 6.03. The topological polar surface area (TPSA) is 38.8 Å². The average Bonchev–Trinajstić information content (AvgIpc) is 2.60. The lowest BCUT2D eigenvalue weighted by Gasteiger charge is -2.19. The molecular weight excluding hydrogens is 326 g/mol. The van der Waals surface area contributed by atoms with Gasteiger partial charge in [0.15, 0.2) is 0 Å². The van der Waals surface area contributed by atoms with E-state index in [0.29, 0.717) is 24.4 Å². The molecule has 0 radical (unpaired) electrons. The Labute approximate surface area is 147 Å². The lowest BCUT2D eigenvalue weighted by atomic mass is 10.1. The normalized spacial score (nSPS) is 10.3. The van der Waals surface area contributed by atoms with E-state index in [1.54, 1.807) is 32.2 Å². The SMILES string of the molecule is COc1ccc(CCC(=O)N(C)Cc2cc(Cl)ccc2OC)cc1. The van der Waals surface area contributed by atoms with Gasteiger partial charge in [-0.05, 0) is 42.3 Å². The summed E-state index contributed by atoms with van der Waals surface area (Å²) in [5.41, 5.74) is 2.00. The number of hydrogen-bond acceptors (Lipinski definition) is 3. The summed E-state index contributed by atoms with van der Waals surface area (Å²) in [7, 11) is 5.03. The third kappa shape index (κ3) is 4.90. The van der Waals surface area contributed by atoms with Gasteiger partial charge in [-0.3, -0.25) is 4.79 Å². The first-order valence-electron chi connectivity index (χ1n) is 7.72. The van der Waals surface area contributed by atoms with Crippen LogP contribution in [-0.2, 0) is 17.8 Å². The molecule has 0 N–H and O–H groups in total. The molecule has 128 valence electrons. The lowest BCUT2D eigenvalue weighted by Crippen LogP contribution is -2.26. The molecule has 2 rings (SSSR count). The van der Waals surface area contributed by atoms with E-state index in [0.717, 1.165) is 22.6 Å². The molecule has 0 fully saturated rings. The number of rotatable bonds is 7. The number of hydrogen-bond donors (Lipinski definition) is 0. The maximum Gasteiger partial charge on any atom is 0.222 e. The third-order valence-electron chi connectivity index (χ3n) is 3.86. The van der Waals surface area contributed by atoms with E-state index in [4.69, 9.17) is 21.1 Å². The van der Waals surface area contributed by atoms with Crippen LogP contribution in [0, 0.1) is 0 Å². The minimum atomic E-state index is 0.0767. The van der Waals surface area contributed by atoms with E-state index in [1.807, 2.05) is 36.4 Å². The molecule has 0 atom stereocenters. The molecule has 0 aliphatic rings. The van der Waals surface area contributed by atoms with Crippen molar-refractivity contribution in [1.29, 1.82) is 0 Å². The van der Waals surface area contributed by atoms with E-state index in [2.05, 4.69) is 0 Å². The summed E-state index contributed by atoms with van der Waals surface area (Å²) in [5.74, 6) is 1.62. The molecule has 0 aliphatic heterocycles. The van der Waals surface area contributed by atoms with E-state index < -0.39 is 0 Å². The molecular formula is C19H22ClNO3. The molecule has 0 heterocycles. The number of amides is 1. The molecule has 0 aromatic heterocycles. The summed E-state index contributed by atoms with van der Waals surface area (Å²) in [4.78, 5) is 14.0. The van der Waals surface area contributed by atoms with Crippen LogP contribution >= 0.6 is 11.6 Å². The Morgan fingerprint density at radius 3 is 2.42 bits per heavy atom. The van der Waals surface area contributed by atoms with Crippen LogP contribution in [0.1, 0.15) is 17.5 Å². The Hall–Kier alpha value is -2.20. The van der Waals surface area contributed by atoms with Gasteiger partial charge in [-0.25, -0.2) is 0 Å². The maximum atomic E-state index is 12.4. The van der Waals surface area contributed by atoms with E-state index in [9.17, 15) is 4.79 Å². The first-order valence-corrected chi connectivity index (χ1v) is 8.10. The van der Waals surface area contributed by atoms with Gasteiger partial charge >= 0.3 is 0 Å². The highest BCUT2D eigenvalue weighted by Crippen LogP contribution is 2.24. The number of aryl methyl sites for hydroxylation is 1. The highest BCUT2D eigenvalue weighted by Gasteiger charge is 2.12. The van der Waals surface area contributed by atoms with Gasteiger partial charge in [-0.1, -0.05) is 23.7 Å². The lowest BCUT2D eigenvalue weighted by molar-refractivity contribution is -0.130. The van der Waals surface area contributed by atoms with Crippen molar-refractivity contribution >= 4 is 17.5 Å². The first kappa shape index (κ1) is 18.1. The largest absolute Gasteiger partial charge is 0.497 e. The zero-order valence-electron chi connectivity index (χ0n) is 14.2. The van der Waals surface area contributed by atoms with Gasteiger partial charge in [0, 0.05) is 30.6 Å². The highest BCUT2D eigenvalue weighted by molar-refractivity contribution is 6.30. The van der Waals surface area contributed by atoms with Gasteiger partial charge in [0.25, 0.3) is 0 Å². The number of nitrogens with zero attached hydrogens (tertiary/aromatic N) is 1. The Kier molecular flexibility index (Phi) is 6.50. The summed E-state index contributed by atoms with van der Waals surface area (Å²) in [6.45, 7) is 0.463. The van der Waals surface area contributed by atoms with E-state index in [-0.39, 0.29) is 5.91 Å². The fraction of sp³-hybridized carbons (Fsp3) is 0.316. The molecule has 0 aliphatic carbocycles. The van der Waals surface area contributed by atoms with E-state index >= 15 is 0 Å². The summed E-state index contributed by atoms with van der Waals surface area (Å²) in [6.07, 6.45) is 1.14. The van der Waals surface area contributed by atoms with Crippen LogP contribution in [-0.4, -0.2) is 32.1 Å².